The van der Waals surface area contributed by atoms with Gasteiger partial charge in [0.1, 0.15) is 5.58 Å². The van der Waals surface area contributed by atoms with Crippen molar-refractivity contribution in [1.29, 1.82) is 0 Å². The molecule has 0 aliphatic carbocycles. The van der Waals surface area contributed by atoms with Crippen LogP contribution in [0.3, 0.4) is 0 Å². The van der Waals surface area contributed by atoms with Crippen LogP contribution in [0.1, 0.15) is 0 Å². The summed E-state index contributed by atoms with van der Waals surface area (Å²) in [7, 11) is 0. The maximum absolute atomic E-state index is 6.95. The number of hydrogen-bond acceptors (Lipinski definition) is 3. The van der Waals surface area contributed by atoms with Gasteiger partial charge in [0, 0.05) is 49.5 Å². The van der Waals surface area contributed by atoms with Crippen LogP contribution in [-0.2, 0) is 0 Å². The lowest BCUT2D eigenvalue weighted by Crippen LogP contribution is -1.95. The van der Waals surface area contributed by atoms with E-state index < -0.39 is 0 Å². The number of aromatic nitrogens is 3. The Bertz CT molecular complexity index is 2780. The van der Waals surface area contributed by atoms with Gasteiger partial charge in [-0.15, -0.1) is 0 Å². The van der Waals surface area contributed by atoms with Gasteiger partial charge in [0.15, 0.2) is 11.4 Å². The molecule has 0 saturated heterocycles. The standard InChI is InChI=1S/C46H29N3O/c1-4-13-31(14-5-1)40-29-41(48-46(47-40)33-15-6-2-7-16-33)32-25-23-30(24-26-32)35-20-12-21-38-39-28-27-37-36-19-10-11-22-42(36)49(34-17-8-3-9-18-34)43(37)45(39)50-44(35)38/h1-29H. The minimum Gasteiger partial charge on any atom is -0.453 e. The van der Waals surface area contributed by atoms with Crippen molar-refractivity contribution < 1.29 is 4.42 Å². The van der Waals surface area contributed by atoms with Crippen LogP contribution in [0.2, 0.25) is 0 Å². The van der Waals surface area contributed by atoms with E-state index in [-0.39, 0.29) is 0 Å². The predicted octanol–water partition coefficient (Wildman–Crippen LogP) is 12.1. The first-order valence-electron chi connectivity index (χ1n) is 16.8. The molecule has 4 heteroatoms. The van der Waals surface area contributed by atoms with Gasteiger partial charge in [0.25, 0.3) is 0 Å². The summed E-state index contributed by atoms with van der Waals surface area (Å²) in [5, 5.41) is 4.59. The monoisotopic (exact) mass is 639 g/mol. The van der Waals surface area contributed by atoms with Gasteiger partial charge in [-0.3, -0.25) is 0 Å². The second-order valence-corrected chi connectivity index (χ2v) is 12.6. The third-order valence-corrected chi connectivity index (χ3v) is 9.63. The van der Waals surface area contributed by atoms with E-state index in [9.17, 15) is 0 Å². The molecule has 3 aromatic heterocycles. The SMILES string of the molecule is c1ccc(-c2cc(-c3ccc(-c4cccc5c4oc4c5ccc5c6ccccc6n(-c6ccccc6)c54)cc3)nc(-c3ccccc3)n2)cc1. The number of fused-ring (bicyclic) bond motifs is 7. The number of furan rings is 1. The molecule has 0 spiro atoms. The Kier molecular flexibility index (Phi) is 6.46. The molecule has 234 valence electrons. The van der Waals surface area contributed by atoms with Crippen molar-refractivity contribution in [2.24, 2.45) is 0 Å². The molecule has 0 fully saturated rings. The number of rotatable bonds is 5. The first kappa shape index (κ1) is 28.3. The number of hydrogen-bond donors (Lipinski definition) is 0. The van der Waals surface area contributed by atoms with Gasteiger partial charge < -0.3 is 8.98 Å². The molecular weight excluding hydrogens is 611 g/mol. The minimum atomic E-state index is 0.706. The maximum atomic E-state index is 6.95. The van der Waals surface area contributed by atoms with Crippen molar-refractivity contribution in [3.63, 3.8) is 0 Å². The Hall–Kier alpha value is -6.78. The lowest BCUT2D eigenvalue weighted by Gasteiger charge is -2.10. The van der Waals surface area contributed by atoms with E-state index in [2.05, 4.69) is 144 Å². The van der Waals surface area contributed by atoms with Crippen LogP contribution in [0.4, 0.5) is 0 Å². The van der Waals surface area contributed by atoms with Crippen LogP contribution in [0.5, 0.6) is 0 Å². The Morgan fingerprint density at radius 1 is 0.400 bits per heavy atom. The zero-order valence-electron chi connectivity index (χ0n) is 27.0. The van der Waals surface area contributed by atoms with Crippen LogP contribution >= 0.6 is 0 Å². The first-order chi connectivity index (χ1) is 24.8. The van der Waals surface area contributed by atoms with Crippen molar-refractivity contribution in [1.82, 2.24) is 14.5 Å². The summed E-state index contributed by atoms with van der Waals surface area (Å²) < 4.78 is 9.28. The molecule has 10 rings (SSSR count). The molecular formula is C46H29N3O. The van der Waals surface area contributed by atoms with E-state index in [0.29, 0.717) is 5.82 Å². The predicted molar refractivity (Wildman–Crippen MR) is 205 cm³/mol. The molecule has 0 amide bonds. The van der Waals surface area contributed by atoms with E-state index >= 15 is 0 Å². The van der Waals surface area contributed by atoms with Crippen LogP contribution in [0.25, 0.3) is 94.5 Å². The van der Waals surface area contributed by atoms with Crippen LogP contribution in [0.15, 0.2) is 180 Å². The number of benzene rings is 7. The van der Waals surface area contributed by atoms with Gasteiger partial charge in [-0.1, -0.05) is 146 Å². The van der Waals surface area contributed by atoms with Crippen molar-refractivity contribution in [2.75, 3.05) is 0 Å². The fourth-order valence-electron chi connectivity index (χ4n) is 7.27. The molecule has 0 atom stereocenters. The third kappa shape index (κ3) is 4.54. The van der Waals surface area contributed by atoms with E-state index in [1.165, 1.54) is 10.8 Å². The number of nitrogens with zero attached hydrogens (tertiary/aromatic N) is 3. The van der Waals surface area contributed by atoms with Crippen molar-refractivity contribution >= 4 is 43.7 Å². The van der Waals surface area contributed by atoms with Crippen molar-refractivity contribution in [3.05, 3.63) is 176 Å². The molecule has 0 unspecified atom stereocenters. The Balaban J connectivity index is 1.12. The van der Waals surface area contributed by atoms with Crippen LogP contribution in [0, 0.1) is 0 Å². The van der Waals surface area contributed by atoms with Gasteiger partial charge in [0.05, 0.1) is 22.4 Å². The summed E-state index contributed by atoms with van der Waals surface area (Å²) in [6.07, 6.45) is 0. The Labute approximate surface area is 288 Å². The summed E-state index contributed by atoms with van der Waals surface area (Å²) in [4.78, 5) is 9.98. The quantitative estimate of drug-likeness (QED) is 0.188. The van der Waals surface area contributed by atoms with Crippen LogP contribution < -0.4 is 0 Å². The molecule has 10 aromatic rings. The first-order valence-corrected chi connectivity index (χ1v) is 16.8. The molecule has 0 saturated carbocycles. The smallest absolute Gasteiger partial charge is 0.160 e. The molecule has 50 heavy (non-hydrogen) atoms. The molecule has 4 nitrogen and oxygen atoms in total. The zero-order chi connectivity index (χ0) is 33.0. The molecule has 7 aromatic carbocycles. The second-order valence-electron chi connectivity index (χ2n) is 12.6. The van der Waals surface area contributed by atoms with Gasteiger partial charge in [-0.05, 0) is 35.9 Å². The highest BCUT2D eigenvalue weighted by Gasteiger charge is 2.20. The molecule has 0 N–H and O–H groups in total. The van der Waals surface area contributed by atoms with Gasteiger partial charge in [-0.2, -0.15) is 0 Å². The minimum absolute atomic E-state index is 0.706. The van der Waals surface area contributed by atoms with Crippen LogP contribution in [-0.4, -0.2) is 14.5 Å². The Morgan fingerprint density at radius 3 is 1.70 bits per heavy atom. The van der Waals surface area contributed by atoms with E-state index in [1.807, 2.05) is 36.4 Å². The summed E-state index contributed by atoms with van der Waals surface area (Å²) in [6, 6.07) is 61.2. The van der Waals surface area contributed by atoms with Gasteiger partial charge in [-0.25, -0.2) is 9.97 Å². The molecule has 0 bridgehead atoms. The van der Waals surface area contributed by atoms with Gasteiger partial charge >= 0.3 is 0 Å². The van der Waals surface area contributed by atoms with Gasteiger partial charge in [0.2, 0.25) is 0 Å². The lowest BCUT2D eigenvalue weighted by atomic mass is 9.99. The summed E-state index contributed by atoms with van der Waals surface area (Å²) in [5.74, 6) is 0.706. The molecule has 0 radical (unpaired) electrons. The average Bonchev–Trinajstić information content (AvgIpc) is 3.75. The molecule has 3 heterocycles. The maximum Gasteiger partial charge on any atom is 0.160 e. The number of para-hydroxylation sites is 3. The summed E-state index contributed by atoms with van der Waals surface area (Å²) in [5.41, 5.74) is 12.1. The second kappa shape index (κ2) is 11.4. The fraction of sp³-hybridized carbons (Fsp3) is 0. The van der Waals surface area contributed by atoms with Crippen molar-refractivity contribution in [3.8, 4) is 50.7 Å². The van der Waals surface area contributed by atoms with E-state index in [0.717, 1.165) is 77.9 Å². The molecule has 0 aliphatic heterocycles. The largest absolute Gasteiger partial charge is 0.453 e. The van der Waals surface area contributed by atoms with Crippen molar-refractivity contribution in [2.45, 2.75) is 0 Å². The average molecular weight is 640 g/mol. The summed E-state index contributed by atoms with van der Waals surface area (Å²) in [6.45, 7) is 0. The van der Waals surface area contributed by atoms with E-state index in [4.69, 9.17) is 14.4 Å². The highest BCUT2D eigenvalue weighted by molar-refractivity contribution is 6.22. The summed E-state index contributed by atoms with van der Waals surface area (Å²) >= 11 is 0. The highest BCUT2D eigenvalue weighted by atomic mass is 16.3. The molecule has 0 aliphatic rings. The topological polar surface area (TPSA) is 43.9 Å². The normalized spacial score (nSPS) is 11.6. The Morgan fingerprint density at radius 2 is 0.960 bits per heavy atom. The fourth-order valence-corrected chi connectivity index (χ4v) is 7.27. The highest BCUT2D eigenvalue weighted by Crippen LogP contribution is 2.42. The van der Waals surface area contributed by atoms with E-state index in [1.54, 1.807) is 0 Å². The lowest BCUT2D eigenvalue weighted by molar-refractivity contribution is 0.672. The third-order valence-electron chi connectivity index (χ3n) is 9.63. The zero-order valence-corrected chi connectivity index (χ0v) is 27.0.